The van der Waals surface area contributed by atoms with Crippen molar-refractivity contribution in [3.63, 3.8) is 0 Å². The molecular weight excluding hydrogens is 318 g/mol. The molecule has 0 saturated carbocycles. The third kappa shape index (κ3) is 3.62. The average molecular weight is 330 g/mol. The Bertz CT molecular complexity index is 833. The van der Waals surface area contributed by atoms with Crippen LogP contribution < -0.4 is 0 Å². The monoisotopic (exact) mass is 330 g/mol. The molecule has 3 aromatic rings. The van der Waals surface area contributed by atoms with Crippen LogP contribution in [0.3, 0.4) is 0 Å². The molecule has 2 aromatic heterocycles. The molecule has 0 radical (unpaired) electrons. The number of aromatic nitrogens is 2. The molecule has 0 fully saturated rings. The highest BCUT2D eigenvalue weighted by Crippen LogP contribution is 2.30. The van der Waals surface area contributed by atoms with E-state index in [4.69, 9.17) is 0 Å². The van der Waals surface area contributed by atoms with E-state index in [2.05, 4.69) is 20.2 Å². The molecule has 1 aromatic carbocycles. The van der Waals surface area contributed by atoms with Gasteiger partial charge < -0.3 is 0 Å². The minimum atomic E-state index is -0.649. The van der Waals surface area contributed by atoms with Gasteiger partial charge in [-0.15, -0.1) is 16.5 Å². The zero-order valence-corrected chi connectivity index (χ0v) is 13.0. The Morgan fingerprint density at radius 3 is 2.65 bits per heavy atom. The van der Waals surface area contributed by atoms with Gasteiger partial charge in [-0.25, -0.2) is 13.8 Å². The summed E-state index contributed by atoms with van der Waals surface area (Å²) >= 11 is 1.25. The average Bonchev–Trinajstić information content (AvgIpc) is 3.02. The number of benzene rings is 1. The maximum atomic E-state index is 13.7. The lowest BCUT2D eigenvalue weighted by atomic mass is 10.1. The SMILES string of the molecule is CC(N=Nc1nc(-c2ccc(F)cc2F)cs1)c1ccncc1. The van der Waals surface area contributed by atoms with E-state index in [1.54, 1.807) is 17.8 Å². The molecule has 7 heteroatoms. The fraction of sp³-hybridized carbons (Fsp3) is 0.125. The summed E-state index contributed by atoms with van der Waals surface area (Å²) in [7, 11) is 0. The molecule has 0 saturated heterocycles. The highest BCUT2D eigenvalue weighted by Gasteiger charge is 2.10. The van der Waals surface area contributed by atoms with Gasteiger partial charge in [0.2, 0.25) is 5.13 Å². The predicted molar refractivity (Wildman–Crippen MR) is 84.6 cm³/mol. The summed E-state index contributed by atoms with van der Waals surface area (Å²) in [4.78, 5) is 8.17. The van der Waals surface area contributed by atoms with Crippen LogP contribution in [0, 0.1) is 11.6 Å². The second kappa shape index (κ2) is 6.70. The molecule has 0 bridgehead atoms. The fourth-order valence-electron chi connectivity index (χ4n) is 1.98. The van der Waals surface area contributed by atoms with E-state index >= 15 is 0 Å². The second-order valence-electron chi connectivity index (χ2n) is 4.81. The molecule has 0 aliphatic carbocycles. The van der Waals surface area contributed by atoms with Crippen LogP contribution in [0.25, 0.3) is 11.3 Å². The lowest BCUT2D eigenvalue weighted by Gasteiger charge is -2.02. The first-order valence-electron chi connectivity index (χ1n) is 6.85. The Hall–Kier alpha value is -2.54. The molecule has 2 heterocycles. The van der Waals surface area contributed by atoms with Crippen molar-refractivity contribution in [2.45, 2.75) is 13.0 Å². The highest BCUT2D eigenvalue weighted by atomic mass is 32.1. The summed E-state index contributed by atoms with van der Waals surface area (Å²) in [6, 6.07) is 7.00. The van der Waals surface area contributed by atoms with E-state index < -0.39 is 11.6 Å². The molecule has 0 aliphatic heterocycles. The first kappa shape index (κ1) is 15.4. The van der Waals surface area contributed by atoms with Crippen LogP contribution in [0.1, 0.15) is 18.5 Å². The number of hydrogen-bond acceptors (Lipinski definition) is 5. The first-order valence-corrected chi connectivity index (χ1v) is 7.73. The Morgan fingerprint density at radius 2 is 1.91 bits per heavy atom. The normalized spacial score (nSPS) is 12.7. The summed E-state index contributed by atoms with van der Waals surface area (Å²) in [6.07, 6.45) is 3.39. The van der Waals surface area contributed by atoms with Crippen molar-refractivity contribution in [3.8, 4) is 11.3 Å². The lowest BCUT2D eigenvalue weighted by Crippen LogP contribution is -1.88. The maximum absolute atomic E-state index is 13.7. The number of pyridine rings is 1. The molecule has 0 N–H and O–H groups in total. The number of rotatable bonds is 4. The summed E-state index contributed by atoms with van der Waals surface area (Å²) in [5, 5.41) is 10.4. The predicted octanol–water partition coefficient (Wildman–Crippen LogP) is 5.33. The Morgan fingerprint density at radius 1 is 1.13 bits per heavy atom. The van der Waals surface area contributed by atoms with Crippen LogP contribution in [-0.2, 0) is 0 Å². The third-order valence-electron chi connectivity index (χ3n) is 3.20. The molecule has 0 aliphatic rings. The van der Waals surface area contributed by atoms with Crippen molar-refractivity contribution < 1.29 is 8.78 Å². The van der Waals surface area contributed by atoms with Crippen LogP contribution in [0.5, 0.6) is 0 Å². The smallest absolute Gasteiger partial charge is 0.230 e. The van der Waals surface area contributed by atoms with Crippen LogP contribution in [0.2, 0.25) is 0 Å². The molecule has 1 atom stereocenters. The number of thiazole rings is 1. The van der Waals surface area contributed by atoms with Gasteiger partial charge in [0.25, 0.3) is 0 Å². The quantitative estimate of drug-likeness (QED) is 0.607. The molecular formula is C16H12F2N4S. The standard InChI is InChI=1S/C16H12F2N4S/c1-10(11-4-6-19-7-5-11)21-22-16-20-15(9-23-16)13-3-2-12(17)8-14(13)18/h2-10H,1H3. The van der Waals surface area contributed by atoms with Gasteiger partial charge >= 0.3 is 0 Å². The molecule has 0 spiro atoms. The van der Waals surface area contributed by atoms with Crippen molar-refractivity contribution in [2.75, 3.05) is 0 Å². The van der Waals surface area contributed by atoms with Gasteiger partial charge in [0.1, 0.15) is 11.6 Å². The summed E-state index contributed by atoms with van der Waals surface area (Å²) in [5.41, 5.74) is 1.65. The molecule has 116 valence electrons. The number of nitrogens with zero attached hydrogens (tertiary/aromatic N) is 4. The minimum Gasteiger partial charge on any atom is -0.265 e. The molecule has 23 heavy (non-hydrogen) atoms. The van der Waals surface area contributed by atoms with Crippen LogP contribution in [-0.4, -0.2) is 9.97 Å². The van der Waals surface area contributed by atoms with Gasteiger partial charge in [0, 0.05) is 29.4 Å². The molecule has 0 amide bonds. The van der Waals surface area contributed by atoms with Gasteiger partial charge in [0.05, 0.1) is 11.7 Å². The zero-order valence-electron chi connectivity index (χ0n) is 12.1. The van der Waals surface area contributed by atoms with Crippen molar-refractivity contribution in [3.05, 3.63) is 65.3 Å². The van der Waals surface area contributed by atoms with Crippen molar-refractivity contribution in [1.29, 1.82) is 0 Å². The Balaban J connectivity index is 1.78. The van der Waals surface area contributed by atoms with Crippen LogP contribution >= 0.6 is 11.3 Å². The first-order chi connectivity index (χ1) is 11.1. The van der Waals surface area contributed by atoms with Gasteiger partial charge in [-0.3, -0.25) is 4.98 Å². The topological polar surface area (TPSA) is 50.5 Å². The molecule has 1 unspecified atom stereocenters. The summed E-state index contributed by atoms with van der Waals surface area (Å²) in [6.45, 7) is 1.91. The van der Waals surface area contributed by atoms with Gasteiger partial charge in [-0.2, -0.15) is 5.11 Å². The zero-order chi connectivity index (χ0) is 16.2. The molecule has 3 rings (SSSR count). The summed E-state index contributed by atoms with van der Waals surface area (Å²) < 4.78 is 26.7. The Kier molecular flexibility index (Phi) is 4.47. The van der Waals surface area contributed by atoms with E-state index in [9.17, 15) is 8.78 Å². The summed E-state index contributed by atoms with van der Waals surface area (Å²) in [5.74, 6) is -1.27. The highest BCUT2D eigenvalue weighted by molar-refractivity contribution is 7.13. The third-order valence-corrected chi connectivity index (χ3v) is 3.93. The van der Waals surface area contributed by atoms with Crippen LogP contribution in [0.4, 0.5) is 13.9 Å². The van der Waals surface area contributed by atoms with Crippen molar-refractivity contribution in [1.82, 2.24) is 9.97 Å². The van der Waals surface area contributed by atoms with Crippen molar-refractivity contribution >= 4 is 16.5 Å². The fourth-order valence-corrected chi connectivity index (χ4v) is 2.62. The minimum absolute atomic E-state index is 0.132. The van der Waals surface area contributed by atoms with E-state index in [1.165, 1.54) is 23.5 Å². The van der Waals surface area contributed by atoms with E-state index in [-0.39, 0.29) is 11.6 Å². The van der Waals surface area contributed by atoms with Gasteiger partial charge in [-0.05, 0) is 36.8 Å². The number of hydrogen-bond donors (Lipinski definition) is 0. The molecule has 4 nitrogen and oxygen atoms in total. The van der Waals surface area contributed by atoms with Crippen molar-refractivity contribution in [2.24, 2.45) is 10.2 Å². The maximum Gasteiger partial charge on any atom is 0.230 e. The van der Waals surface area contributed by atoms with E-state index in [1.807, 2.05) is 19.1 Å². The van der Waals surface area contributed by atoms with Crippen LogP contribution in [0.15, 0.2) is 58.3 Å². The van der Waals surface area contributed by atoms with Gasteiger partial charge in [0.15, 0.2) is 0 Å². The van der Waals surface area contributed by atoms with E-state index in [0.29, 0.717) is 10.8 Å². The number of halogens is 2. The lowest BCUT2D eigenvalue weighted by molar-refractivity contribution is 0.585. The van der Waals surface area contributed by atoms with Gasteiger partial charge in [-0.1, -0.05) is 0 Å². The Labute approximate surface area is 135 Å². The number of azo groups is 1. The largest absolute Gasteiger partial charge is 0.265 e. The van der Waals surface area contributed by atoms with E-state index in [0.717, 1.165) is 11.6 Å². The second-order valence-corrected chi connectivity index (χ2v) is 5.65.